The van der Waals surface area contributed by atoms with Crippen molar-refractivity contribution in [1.29, 1.82) is 0 Å². The Morgan fingerprint density at radius 2 is 1.26 bits per heavy atom. The van der Waals surface area contributed by atoms with Gasteiger partial charge in [-0.15, -0.1) is 0 Å². The average molecular weight is 343 g/mol. The summed E-state index contributed by atoms with van der Waals surface area (Å²) in [4.78, 5) is 0. The molecular weight excluding hydrogens is 320 g/mol. The van der Waals surface area contributed by atoms with Crippen LogP contribution in [0.1, 0.15) is 31.9 Å². The van der Waals surface area contributed by atoms with Crippen LogP contribution in [-0.4, -0.2) is 8.32 Å². The molecule has 0 bridgehead atoms. The normalized spacial score (nSPS) is 11.6. The highest BCUT2D eigenvalue weighted by molar-refractivity contribution is 6.74. The second kappa shape index (κ2) is 6.82. The number of hydrogen-bond donors (Lipinski definition) is 0. The van der Waals surface area contributed by atoms with Crippen LogP contribution in [0.15, 0.2) is 48.5 Å². The second-order valence-corrected chi connectivity index (χ2v) is 12.3. The molecule has 0 unspecified atom stereocenters. The Labute approximate surface area is 145 Å². The number of benzene rings is 2. The largest absolute Gasteiger partial charge is 0.544 e. The van der Waals surface area contributed by atoms with E-state index in [2.05, 4.69) is 45.7 Å². The maximum absolute atomic E-state index is 6.27. The number of hydrogen-bond acceptors (Lipinski definition) is 1. The van der Waals surface area contributed by atoms with Crippen molar-refractivity contribution >= 4 is 19.9 Å². The fourth-order valence-electron chi connectivity index (χ4n) is 1.73. The first kappa shape index (κ1) is 17.7. The highest BCUT2D eigenvalue weighted by Crippen LogP contribution is 2.37. The van der Waals surface area contributed by atoms with Crippen molar-refractivity contribution in [1.82, 2.24) is 0 Å². The van der Waals surface area contributed by atoms with Gasteiger partial charge in [0, 0.05) is 16.1 Å². The molecule has 120 valence electrons. The summed E-state index contributed by atoms with van der Waals surface area (Å²) >= 11 is 5.87. The fourth-order valence-corrected chi connectivity index (χ4v) is 2.89. The van der Waals surface area contributed by atoms with E-state index in [1.54, 1.807) is 0 Å². The van der Waals surface area contributed by atoms with Gasteiger partial charge in [-0.3, -0.25) is 0 Å². The third-order valence-electron chi connectivity index (χ3n) is 4.23. The van der Waals surface area contributed by atoms with Gasteiger partial charge in [-0.2, -0.15) is 0 Å². The van der Waals surface area contributed by atoms with E-state index in [1.807, 2.05) is 48.5 Å². The molecule has 0 atom stereocenters. The van der Waals surface area contributed by atoms with Gasteiger partial charge < -0.3 is 4.43 Å². The minimum atomic E-state index is -1.79. The molecule has 0 amide bonds. The summed E-state index contributed by atoms with van der Waals surface area (Å²) < 4.78 is 6.27. The molecule has 0 aliphatic carbocycles. The number of halogens is 1. The smallest absolute Gasteiger partial charge is 0.250 e. The first-order valence-corrected chi connectivity index (χ1v) is 11.0. The Kier molecular flexibility index (Phi) is 5.24. The fraction of sp³-hybridized carbons (Fsp3) is 0.300. The highest BCUT2D eigenvalue weighted by Gasteiger charge is 2.38. The SMILES string of the molecule is CC(C)(C)[Si](C)(C)Oc1ccc(C#Cc2ccc(Cl)cc2)cc1. The lowest BCUT2D eigenvalue weighted by atomic mass is 10.2. The first-order valence-electron chi connectivity index (χ1n) is 7.74. The number of rotatable bonds is 2. The Bertz CT molecular complexity index is 713. The van der Waals surface area contributed by atoms with Crippen LogP contribution < -0.4 is 4.43 Å². The van der Waals surface area contributed by atoms with Crippen molar-refractivity contribution < 1.29 is 4.43 Å². The molecule has 0 N–H and O–H groups in total. The Morgan fingerprint density at radius 3 is 1.70 bits per heavy atom. The third kappa shape index (κ3) is 4.89. The lowest BCUT2D eigenvalue weighted by molar-refractivity contribution is 0.492. The van der Waals surface area contributed by atoms with Gasteiger partial charge >= 0.3 is 0 Å². The van der Waals surface area contributed by atoms with Crippen molar-refractivity contribution in [2.45, 2.75) is 38.9 Å². The molecule has 0 heterocycles. The molecule has 0 aliphatic rings. The van der Waals surface area contributed by atoms with E-state index in [4.69, 9.17) is 16.0 Å². The molecule has 2 aromatic rings. The lowest BCUT2D eigenvalue weighted by Gasteiger charge is -2.36. The molecule has 0 saturated carbocycles. The minimum Gasteiger partial charge on any atom is -0.544 e. The summed E-state index contributed by atoms with van der Waals surface area (Å²) in [6.45, 7) is 11.2. The lowest BCUT2D eigenvalue weighted by Crippen LogP contribution is -2.43. The molecule has 0 aliphatic heterocycles. The predicted molar refractivity (Wildman–Crippen MR) is 102 cm³/mol. The van der Waals surface area contributed by atoms with Crippen molar-refractivity contribution in [3.63, 3.8) is 0 Å². The maximum Gasteiger partial charge on any atom is 0.250 e. The van der Waals surface area contributed by atoms with Gasteiger partial charge in [0.1, 0.15) is 5.75 Å². The predicted octanol–water partition coefficient (Wildman–Crippen LogP) is 6.12. The van der Waals surface area contributed by atoms with E-state index in [0.29, 0.717) is 0 Å². The minimum absolute atomic E-state index is 0.195. The zero-order valence-corrected chi connectivity index (χ0v) is 16.2. The van der Waals surface area contributed by atoms with Crippen LogP contribution in [0.25, 0.3) is 0 Å². The molecule has 0 spiro atoms. The molecule has 0 aromatic heterocycles. The zero-order chi connectivity index (χ0) is 17.1. The van der Waals surface area contributed by atoms with E-state index in [0.717, 1.165) is 21.9 Å². The summed E-state index contributed by atoms with van der Waals surface area (Å²) in [7, 11) is -1.79. The van der Waals surface area contributed by atoms with E-state index in [9.17, 15) is 0 Å². The van der Waals surface area contributed by atoms with Gasteiger partial charge in [0.05, 0.1) is 0 Å². The molecule has 3 heteroatoms. The topological polar surface area (TPSA) is 9.23 Å². The highest BCUT2D eigenvalue weighted by atomic mass is 35.5. The van der Waals surface area contributed by atoms with Crippen LogP contribution >= 0.6 is 11.6 Å². The van der Waals surface area contributed by atoms with Crippen LogP contribution in [0, 0.1) is 11.8 Å². The van der Waals surface area contributed by atoms with Crippen molar-refractivity contribution in [3.8, 4) is 17.6 Å². The summed E-state index contributed by atoms with van der Waals surface area (Å²) in [5.74, 6) is 7.23. The van der Waals surface area contributed by atoms with Crippen LogP contribution in [-0.2, 0) is 0 Å². The molecule has 2 aromatic carbocycles. The van der Waals surface area contributed by atoms with E-state index in [1.165, 1.54) is 0 Å². The first-order chi connectivity index (χ1) is 10.7. The Hall–Kier alpha value is -1.69. The maximum atomic E-state index is 6.27. The summed E-state index contributed by atoms with van der Waals surface area (Å²) in [6, 6.07) is 15.6. The van der Waals surface area contributed by atoms with E-state index >= 15 is 0 Å². The summed E-state index contributed by atoms with van der Waals surface area (Å²) in [6.07, 6.45) is 0. The van der Waals surface area contributed by atoms with Crippen LogP contribution in [0.4, 0.5) is 0 Å². The van der Waals surface area contributed by atoms with Crippen molar-refractivity contribution in [3.05, 3.63) is 64.7 Å². The molecule has 0 saturated heterocycles. The van der Waals surface area contributed by atoms with Gasteiger partial charge in [0.15, 0.2) is 0 Å². The standard InChI is InChI=1S/C20H23ClOSi/c1-20(2,3)23(4,5)22-19-14-10-17(11-15-19)7-6-16-8-12-18(21)13-9-16/h8-15H,1-5H3. The van der Waals surface area contributed by atoms with Crippen molar-refractivity contribution in [2.24, 2.45) is 0 Å². The summed E-state index contributed by atoms with van der Waals surface area (Å²) in [5, 5.41) is 0.919. The van der Waals surface area contributed by atoms with Gasteiger partial charge in [-0.05, 0) is 66.7 Å². The Morgan fingerprint density at radius 1 is 0.826 bits per heavy atom. The molecule has 2 rings (SSSR count). The molecule has 1 nitrogen and oxygen atoms in total. The van der Waals surface area contributed by atoms with Crippen LogP contribution in [0.3, 0.4) is 0 Å². The van der Waals surface area contributed by atoms with Crippen molar-refractivity contribution in [2.75, 3.05) is 0 Å². The monoisotopic (exact) mass is 342 g/mol. The molecule has 0 fully saturated rings. The summed E-state index contributed by atoms with van der Waals surface area (Å²) in [5.41, 5.74) is 1.93. The van der Waals surface area contributed by atoms with Gasteiger partial charge in [-0.25, -0.2) is 0 Å². The second-order valence-electron chi connectivity index (χ2n) is 7.14. The third-order valence-corrected chi connectivity index (χ3v) is 8.84. The van der Waals surface area contributed by atoms with E-state index < -0.39 is 8.32 Å². The molecule has 0 radical (unpaired) electrons. The Balaban J connectivity index is 2.10. The quantitative estimate of drug-likeness (QED) is 0.471. The van der Waals surface area contributed by atoms with Crippen LogP contribution in [0.2, 0.25) is 23.2 Å². The average Bonchev–Trinajstić information content (AvgIpc) is 2.47. The van der Waals surface area contributed by atoms with Gasteiger partial charge in [-0.1, -0.05) is 44.2 Å². The molecular formula is C20H23ClOSi. The van der Waals surface area contributed by atoms with Gasteiger partial charge in [0.25, 0.3) is 0 Å². The van der Waals surface area contributed by atoms with E-state index in [-0.39, 0.29) is 5.04 Å². The van der Waals surface area contributed by atoms with Gasteiger partial charge in [0.2, 0.25) is 8.32 Å². The zero-order valence-electron chi connectivity index (χ0n) is 14.4. The van der Waals surface area contributed by atoms with Crippen LogP contribution in [0.5, 0.6) is 5.75 Å². The molecule has 23 heavy (non-hydrogen) atoms.